The summed E-state index contributed by atoms with van der Waals surface area (Å²) in [5.74, 6) is 0.662. The summed E-state index contributed by atoms with van der Waals surface area (Å²) < 4.78 is 0.855. The van der Waals surface area contributed by atoms with Gasteiger partial charge in [0, 0.05) is 36.8 Å². The van der Waals surface area contributed by atoms with Gasteiger partial charge in [0.1, 0.15) is 11.5 Å². The van der Waals surface area contributed by atoms with Crippen molar-refractivity contribution in [1.29, 1.82) is 0 Å². The van der Waals surface area contributed by atoms with Crippen molar-refractivity contribution in [2.24, 2.45) is 0 Å². The molecule has 23 heavy (non-hydrogen) atoms. The first-order valence-corrected chi connectivity index (χ1v) is 8.38. The molecule has 0 saturated carbocycles. The molecule has 0 atom stereocenters. The monoisotopic (exact) mass is 377 g/mol. The number of hydrogen-bond donors (Lipinski definition) is 2. The highest BCUT2D eigenvalue weighted by Gasteiger charge is 2.14. The number of rotatable bonds is 3. The topological polar surface area (TPSA) is 64.3 Å². The number of anilines is 3. The fourth-order valence-corrected chi connectivity index (χ4v) is 2.90. The first kappa shape index (κ1) is 16.0. The number of halogens is 1. The van der Waals surface area contributed by atoms with Crippen molar-refractivity contribution >= 4 is 33.1 Å². The van der Waals surface area contributed by atoms with Crippen LogP contribution in [0.5, 0.6) is 0 Å². The number of nitrogens with one attached hydrogen (secondary N) is 2. The molecule has 2 N–H and O–H groups in total. The van der Waals surface area contributed by atoms with E-state index in [9.17, 15) is 4.79 Å². The van der Waals surface area contributed by atoms with Gasteiger partial charge in [0.15, 0.2) is 0 Å². The number of piperazine rings is 1. The zero-order valence-electron chi connectivity index (χ0n) is 13.3. The average Bonchev–Trinajstić information content (AvgIpc) is 2.57. The first-order valence-electron chi connectivity index (χ1n) is 7.59. The van der Waals surface area contributed by atoms with Crippen molar-refractivity contribution < 1.29 is 0 Å². The molecule has 3 rings (SSSR count). The summed E-state index contributed by atoms with van der Waals surface area (Å²) in [6.07, 6.45) is 3.50. The summed E-state index contributed by atoms with van der Waals surface area (Å²) in [4.78, 5) is 23.7. The number of aromatic amines is 1. The highest BCUT2D eigenvalue weighted by molar-refractivity contribution is 9.10. The fourth-order valence-electron chi connectivity index (χ4n) is 2.59. The molecule has 0 bridgehead atoms. The Morgan fingerprint density at radius 1 is 1.26 bits per heavy atom. The van der Waals surface area contributed by atoms with E-state index in [1.807, 2.05) is 25.3 Å². The van der Waals surface area contributed by atoms with Gasteiger partial charge in [-0.1, -0.05) is 0 Å². The lowest BCUT2D eigenvalue weighted by molar-refractivity contribution is 0.313. The molecule has 0 amide bonds. The van der Waals surface area contributed by atoms with Crippen LogP contribution in [0.2, 0.25) is 0 Å². The molecule has 0 aromatic carbocycles. The number of hydrogen-bond acceptors (Lipinski definition) is 5. The summed E-state index contributed by atoms with van der Waals surface area (Å²) in [7, 11) is 2.14. The van der Waals surface area contributed by atoms with Crippen molar-refractivity contribution in [2.75, 3.05) is 43.4 Å². The van der Waals surface area contributed by atoms with Crippen LogP contribution >= 0.6 is 15.9 Å². The molecule has 122 valence electrons. The average molecular weight is 378 g/mol. The second-order valence-corrected chi connectivity index (χ2v) is 6.64. The number of H-pyrrole nitrogens is 1. The summed E-state index contributed by atoms with van der Waals surface area (Å²) in [5, 5.41) is 3.11. The minimum atomic E-state index is -0.157. The van der Waals surface area contributed by atoms with Gasteiger partial charge in [-0.05, 0) is 47.6 Å². The lowest BCUT2D eigenvalue weighted by atomic mass is 10.2. The van der Waals surface area contributed by atoms with Crippen LogP contribution in [0.1, 0.15) is 5.56 Å². The Labute approximate surface area is 143 Å². The summed E-state index contributed by atoms with van der Waals surface area (Å²) >= 11 is 3.42. The Hall–Kier alpha value is -1.86. The van der Waals surface area contributed by atoms with Crippen LogP contribution in [0.15, 0.2) is 33.8 Å². The van der Waals surface area contributed by atoms with Crippen molar-refractivity contribution in [2.45, 2.75) is 6.92 Å². The van der Waals surface area contributed by atoms with E-state index in [0.29, 0.717) is 11.5 Å². The van der Waals surface area contributed by atoms with Crippen molar-refractivity contribution in [3.8, 4) is 0 Å². The summed E-state index contributed by atoms with van der Waals surface area (Å²) in [6.45, 7) is 6.03. The Morgan fingerprint density at radius 2 is 2.00 bits per heavy atom. The van der Waals surface area contributed by atoms with E-state index in [1.165, 1.54) is 0 Å². The number of aromatic nitrogens is 2. The maximum atomic E-state index is 12.0. The van der Waals surface area contributed by atoms with Crippen molar-refractivity contribution in [1.82, 2.24) is 14.9 Å². The van der Waals surface area contributed by atoms with E-state index in [1.54, 1.807) is 6.20 Å². The van der Waals surface area contributed by atoms with E-state index in [0.717, 1.165) is 41.9 Å². The first-order chi connectivity index (χ1) is 11.0. The minimum absolute atomic E-state index is 0.157. The SMILES string of the molecule is Cc1c(Br)c[nH]c(=O)c1Nc1ccc(N2CCN(C)CC2)cn1. The standard InChI is InChI=1S/C16H20BrN5O/c1-11-13(17)10-19-16(23)15(11)20-14-4-3-12(9-18-14)22-7-5-21(2)6-8-22/h3-4,9-10H,5-8H2,1-2H3,(H,18,20)(H,19,23). The molecule has 3 heterocycles. The van der Waals surface area contributed by atoms with E-state index < -0.39 is 0 Å². The maximum absolute atomic E-state index is 12.0. The van der Waals surface area contributed by atoms with Crippen LogP contribution in [-0.4, -0.2) is 48.1 Å². The molecule has 0 spiro atoms. The van der Waals surface area contributed by atoms with Crippen LogP contribution < -0.4 is 15.8 Å². The zero-order chi connectivity index (χ0) is 16.4. The maximum Gasteiger partial charge on any atom is 0.272 e. The normalized spacial score (nSPS) is 15.7. The summed E-state index contributed by atoms with van der Waals surface area (Å²) in [6, 6.07) is 3.95. The largest absolute Gasteiger partial charge is 0.368 e. The van der Waals surface area contributed by atoms with Crippen LogP contribution in [0, 0.1) is 6.92 Å². The van der Waals surface area contributed by atoms with Crippen molar-refractivity contribution in [3.63, 3.8) is 0 Å². The molecule has 2 aromatic rings. The third-order valence-corrected chi connectivity index (χ3v) is 4.98. The molecule has 6 nitrogen and oxygen atoms in total. The van der Waals surface area contributed by atoms with Gasteiger partial charge in [0.25, 0.3) is 5.56 Å². The highest BCUT2D eigenvalue weighted by Crippen LogP contribution is 2.23. The Kier molecular flexibility index (Phi) is 4.68. The van der Waals surface area contributed by atoms with Gasteiger partial charge in [0.2, 0.25) is 0 Å². The second kappa shape index (κ2) is 6.72. The number of likely N-dealkylation sites (N-methyl/N-ethyl adjacent to an activating group) is 1. The van der Waals surface area contributed by atoms with Gasteiger partial charge < -0.3 is 20.1 Å². The van der Waals surface area contributed by atoms with E-state index >= 15 is 0 Å². The van der Waals surface area contributed by atoms with Gasteiger partial charge in [-0.3, -0.25) is 4.79 Å². The molecule has 1 saturated heterocycles. The van der Waals surface area contributed by atoms with Gasteiger partial charge in [-0.2, -0.15) is 0 Å². The second-order valence-electron chi connectivity index (χ2n) is 5.78. The molecule has 1 aliphatic rings. The third-order valence-electron chi connectivity index (χ3n) is 4.16. The Balaban J connectivity index is 1.76. The van der Waals surface area contributed by atoms with Crippen LogP contribution in [0.3, 0.4) is 0 Å². The summed E-state index contributed by atoms with van der Waals surface area (Å²) in [5.41, 5.74) is 2.33. The molecule has 0 aliphatic carbocycles. The van der Waals surface area contributed by atoms with Gasteiger partial charge in [0.05, 0.1) is 11.9 Å². The highest BCUT2D eigenvalue weighted by atomic mass is 79.9. The number of nitrogens with zero attached hydrogens (tertiary/aromatic N) is 3. The van der Waals surface area contributed by atoms with Gasteiger partial charge in [-0.15, -0.1) is 0 Å². The zero-order valence-corrected chi connectivity index (χ0v) is 14.9. The van der Waals surface area contributed by atoms with E-state index in [4.69, 9.17) is 0 Å². The van der Waals surface area contributed by atoms with Crippen molar-refractivity contribution in [3.05, 3.63) is 44.9 Å². The minimum Gasteiger partial charge on any atom is -0.368 e. The fraction of sp³-hybridized carbons (Fsp3) is 0.375. The third kappa shape index (κ3) is 3.56. The van der Waals surface area contributed by atoms with Gasteiger partial charge in [-0.25, -0.2) is 4.98 Å². The van der Waals surface area contributed by atoms with Crippen LogP contribution in [0.25, 0.3) is 0 Å². The van der Waals surface area contributed by atoms with E-state index in [-0.39, 0.29) is 5.56 Å². The quantitative estimate of drug-likeness (QED) is 0.859. The van der Waals surface area contributed by atoms with E-state index in [2.05, 4.69) is 48.1 Å². The molecule has 2 aromatic heterocycles. The van der Waals surface area contributed by atoms with Gasteiger partial charge >= 0.3 is 0 Å². The molecule has 0 unspecified atom stereocenters. The lowest BCUT2D eigenvalue weighted by Gasteiger charge is -2.33. The molecular weight excluding hydrogens is 358 g/mol. The molecule has 0 radical (unpaired) electrons. The Morgan fingerprint density at radius 3 is 2.65 bits per heavy atom. The number of pyridine rings is 2. The smallest absolute Gasteiger partial charge is 0.272 e. The predicted molar refractivity (Wildman–Crippen MR) is 96.7 cm³/mol. The molecule has 1 fully saturated rings. The predicted octanol–water partition coefficient (Wildman–Crippen LogP) is 2.34. The lowest BCUT2D eigenvalue weighted by Crippen LogP contribution is -2.44. The molecular formula is C16H20BrN5O. The Bertz CT molecular complexity index is 735. The molecule has 7 heteroatoms. The van der Waals surface area contributed by atoms with Crippen LogP contribution in [0.4, 0.5) is 17.2 Å². The molecule has 1 aliphatic heterocycles. The van der Waals surface area contributed by atoms with Crippen LogP contribution in [-0.2, 0) is 0 Å².